The molecule has 2 aromatic rings. The van der Waals surface area contributed by atoms with Gasteiger partial charge in [0.25, 0.3) is 0 Å². The Hall–Kier alpha value is -1.08. The third kappa shape index (κ3) is 3.73. The summed E-state index contributed by atoms with van der Waals surface area (Å²) in [6.07, 6.45) is 0.978. The molecule has 0 aliphatic carbocycles. The average molecular weight is 331 g/mol. The van der Waals surface area contributed by atoms with Crippen molar-refractivity contribution in [1.82, 2.24) is 20.2 Å². The van der Waals surface area contributed by atoms with Crippen LogP contribution in [0, 0.1) is 0 Å². The second kappa shape index (κ2) is 7.08. The highest BCUT2D eigenvalue weighted by molar-refractivity contribution is 7.99. The molecule has 0 radical (unpaired) electrons. The lowest BCUT2D eigenvalue weighted by atomic mass is 10.1. The molecule has 5 nitrogen and oxygen atoms in total. The Morgan fingerprint density at radius 1 is 1.45 bits per heavy atom. The quantitative estimate of drug-likeness (QED) is 0.651. The van der Waals surface area contributed by atoms with Crippen molar-refractivity contribution in [3.8, 4) is 0 Å². The SMILES string of the molecule is C=CCn1nnnc1SCC(O)c1ccc(Cl)cc1Cl. The molecular weight excluding hydrogens is 319 g/mol. The smallest absolute Gasteiger partial charge is 0.209 e. The summed E-state index contributed by atoms with van der Waals surface area (Å²) < 4.78 is 1.61. The van der Waals surface area contributed by atoms with Gasteiger partial charge in [0.2, 0.25) is 5.16 Å². The number of aromatic nitrogens is 4. The van der Waals surface area contributed by atoms with Gasteiger partial charge >= 0.3 is 0 Å². The molecule has 106 valence electrons. The number of hydrogen-bond donors (Lipinski definition) is 1. The van der Waals surface area contributed by atoms with E-state index in [-0.39, 0.29) is 0 Å². The van der Waals surface area contributed by atoms with Crippen LogP contribution in [0.2, 0.25) is 10.0 Å². The lowest BCUT2D eigenvalue weighted by Crippen LogP contribution is -2.04. The van der Waals surface area contributed by atoms with Crippen LogP contribution in [-0.4, -0.2) is 31.1 Å². The Balaban J connectivity index is 2.02. The number of rotatable bonds is 6. The number of allylic oxidation sites excluding steroid dienone is 1. The van der Waals surface area contributed by atoms with Crippen LogP contribution in [0.1, 0.15) is 11.7 Å². The van der Waals surface area contributed by atoms with E-state index in [2.05, 4.69) is 22.1 Å². The summed E-state index contributed by atoms with van der Waals surface area (Å²) in [6, 6.07) is 5.01. The Kier molecular flexibility index (Phi) is 5.42. The summed E-state index contributed by atoms with van der Waals surface area (Å²) >= 11 is 13.2. The third-order valence-electron chi connectivity index (χ3n) is 2.49. The van der Waals surface area contributed by atoms with Crippen LogP contribution in [0.5, 0.6) is 0 Å². The summed E-state index contributed by atoms with van der Waals surface area (Å²) in [5.74, 6) is 0.388. The molecule has 0 amide bonds. The summed E-state index contributed by atoms with van der Waals surface area (Å²) in [6.45, 7) is 4.16. The van der Waals surface area contributed by atoms with Crippen LogP contribution in [0.15, 0.2) is 36.0 Å². The first-order chi connectivity index (χ1) is 9.61. The molecular formula is C12H12Cl2N4OS. The minimum Gasteiger partial charge on any atom is -0.387 e. The predicted molar refractivity (Wildman–Crippen MR) is 80.2 cm³/mol. The maximum Gasteiger partial charge on any atom is 0.209 e. The van der Waals surface area contributed by atoms with Gasteiger partial charge in [0.1, 0.15) is 0 Å². The van der Waals surface area contributed by atoms with Crippen molar-refractivity contribution in [1.29, 1.82) is 0 Å². The fraction of sp³-hybridized carbons (Fsp3) is 0.250. The summed E-state index contributed by atoms with van der Waals surface area (Å²) in [4.78, 5) is 0. The zero-order valence-electron chi connectivity index (χ0n) is 10.4. The monoisotopic (exact) mass is 330 g/mol. The molecule has 0 bridgehead atoms. The minimum atomic E-state index is -0.723. The molecule has 0 saturated carbocycles. The molecule has 8 heteroatoms. The first-order valence-electron chi connectivity index (χ1n) is 5.74. The zero-order chi connectivity index (χ0) is 14.5. The summed E-state index contributed by atoms with van der Waals surface area (Å²) in [5, 5.41) is 23.1. The van der Waals surface area contributed by atoms with Crippen molar-refractivity contribution in [2.75, 3.05) is 5.75 Å². The van der Waals surface area contributed by atoms with E-state index in [1.165, 1.54) is 11.8 Å². The molecule has 2 rings (SSSR count). The van der Waals surface area contributed by atoms with Gasteiger partial charge in [-0.25, -0.2) is 4.68 Å². The van der Waals surface area contributed by atoms with E-state index in [9.17, 15) is 5.11 Å². The van der Waals surface area contributed by atoms with E-state index in [1.54, 1.807) is 29.0 Å². The Labute approximate surface area is 130 Å². The van der Waals surface area contributed by atoms with E-state index in [1.807, 2.05) is 0 Å². The lowest BCUT2D eigenvalue weighted by molar-refractivity contribution is 0.204. The predicted octanol–water partition coefficient (Wildman–Crippen LogP) is 2.99. The molecule has 1 aromatic carbocycles. The molecule has 1 atom stereocenters. The summed E-state index contributed by atoms with van der Waals surface area (Å²) in [5.41, 5.74) is 0.631. The number of halogens is 2. The molecule has 1 aromatic heterocycles. The molecule has 1 N–H and O–H groups in total. The van der Waals surface area contributed by atoms with Crippen LogP contribution in [-0.2, 0) is 6.54 Å². The molecule has 0 saturated heterocycles. The van der Waals surface area contributed by atoms with E-state index in [0.29, 0.717) is 33.1 Å². The largest absolute Gasteiger partial charge is 0.387 e. The first-order valence-corrected chi connectivity index (χ1v) is 7.49. The van der Waals surface area contributed by atoms with Crippen LogP contribution < -0.4 is 0 Å². The molecule has 0 aliphatic heterocycles. The van der Waals surface area contributed by atoms with Gasteiger partial charge in [0.05, 0.1) is 12.6 Å². The van der Waals surface area contributed by atoms with Gasteiger partial charge in [-0.1, -0.05) is 47.1 Å². The van der Waals surface area contributed by atoms with Gasteiger partial charge in [-0.15, -0.1) is 11.7 Å². The van der Waals surface area contributed by atoms with Crippen LogP contribution >= 0.6 is 35.0 Å². The highest BCUT2D eigenvalue weighted by atomic mass is 35.5. The maximum absolute atomic E-state index is 10.2. The Morgan fingerprint density at radius 3 is 2.95 bits per heavy atom. The molecule has 0 fully saturated rings. The van der Waals surface area contributed by atoms with Gasteiger partial charge in [-0.3, -0.25) is 0 Å². The number of thioether (sulfide) groups is 1. The van der Waals surface area contributed by atoms with Crippen LogP contribution in [0.3, 0.4) is 0 Å². The number of nitrogens with zero attached hydrogens (tertiary/aromatic N) is 4. The van der Waals surface area contributed by atoms with Crippen molar-refractivity contribution in [3.05, 3.63) is 46.5 Å². The van der Waals surface area contributed by atoms with Crippen molar-refractivity contribution in [3.63, 3.8) is 0 Å². The van der Waals surface area contributed by atoms with Gasteiger partial charge < -0.3 is 5.11 Å². The molecule has 1 heterocycles. The highest BCUT2D eigenvalue weighted by Gasteiger charge is 2.14. The fourth-order valence-electron chi connectivity index (χ4n) is 1.55. The molecule has 1 unspecified atom stereocenters. The van der Waals surface area contributed by atoms with Crippen LogP contribution in [0.25, 0.3) is 0 Å². The highest BCUT2D eigenvalue weighted by Crippen LogP contribution is 2.29. The number of tetrazole rings is 1. The van der Waals surface area contributed by atoms with Gasteiger partial charge in [-0.05, 0) is 22.6 Å². The molecule has 0 aliphatic rings. The lowest BCUT2D eigenvalue weighted by Gasteiger charge is -2.12. The number of benzene rings is 1. The fourth-order valence-corrected chi connectivity index (χ4v) is 2.93. The minimum absolute atomic E-state index is 0.388. The number of hydrogen-bond acceptors (Lipinski definition) is 5. The normalized spacial score (nSPS) is 12.3. The van der Waals surface area contributed by atoms with E-state index in [4.69, 9.17) is 23.2 Å². The standard InChI is InChI=1S/C12H12Cl2N4OS/c1-2-5-18-12(15-16-17-18)20-7-11(19)9-4-3-8(13)6-10(9)14/h2-4,6,11,19H,1,5,7H2. The molecule has 20 heavy (non-hydrogen) atoms. The Bertz CT molecular complexity index is 605. The zero-order valence-corrected chi connectivity index (χ0v) is 12.7. The summed E-state index contributed by atoms with van der Waals surface area (Å²) in [7, 11) is 0. The second-order valence-electron chi connectivity index (χ2n) is 3.92. The first kappa shape index (κ1) is 15.3. The molecule has 0 spiro atoms. The number of aliphatic hydroxyl groups excluding tert-OH is 1. The van der Waals surface area contributed by atoms with Crippen molar-refractivity contribution in [2.45, 2.75) is 17.8 Å². The van der Waals surface area contributed by atoms with Crippen molar-refractivity contribution in [2.24, 2.45) is 0 Å². The van der Waals surface area contributed by atoms with Crippen molar-refractivity contribution < 1.29 is 5.11 Å². The van der Waals surface area contributed by atoms with Gasteiger partial charge in [0, 0.05) is 21.4 Å². The van der Waals surface area contributed by atoms with E-state index < -0.39 is 6.10 Å². The van der Waals surface area contributed by atoms with Gasteiger partial charge in [-0.2, -0.15) is 0 Å². The third-order valence-corrected chi connectivity index (χ3v) is 4.09. The van der Waals surface area contributed by atoms with E-state index in [0.717, 1.165) is 0 Å². The van der Waals surface area contributed by atoms with Gasteiger partial charge in [0.15, 0.2) is 0 Å². The maximum atomic E-state index is 10.2. The van der Waals surface area contributed by atoms with Crippen LogP contribution in [0.4, 0.5) is 0 Å². The van der Waals surface area contributed by atoms with E-state index >= 15 is 0 Å². The van der Waals surface area contributed by atoms with Crippen molar-refractivity contribution >= 4 is 35.0 Å². The topological polar surface area (TPSA) is 63.8 Å². The Morgan fingerprint density at radius 2 is 2.25 bits per heavy atom. The average Bonchev–Trinajstić information content (AvgIpc) is 2.84. The number of aliphatic hydroxyl groups is 1. The second-order valence-corrected chi connectivity index (χ2v) is 5.76.